The van der Waals surface area contributed by atoms with Gasteiger partial charge in [-0.15, -0.1) is 0 Å². The summed E-state index contributed by atoms with van der Waals surface area (Å²) >= 11 is 0. The molecule has 2 atom stereocenters. The van der Waals surface area contributed by atoms with Crippen LogP contribution in [0.15, 0.2) is 29.2 Å². The lowest BCUT2D eigenvalue weighted by atomic mass is 9.45. The van der Waals surface area contributed by atoms with Gasteiger partial charge in [0.05, 0.1) is 5.75 Å². The summed E-state index contributed by atoms with van der Waals surface area (Å²) in [5.41, 5.74) is 4.85. The SMILES string of the molecule is NC(=O)C12CC3CC(C1)C(CC(=O)C1(CCS(=O)(=O)c4ccccc4F)CC1)C(C3)C2. The number of primary amides is 1. The van der Waals surface area contributed by atoms with Gasteiger partial charge in [-0.1, -0.05) is 12.1 Å². The first kappa shape index (κ1) is 21.1. The molecule has 4 bridgehead atoms. The van der Waals surface area contributed by atoms with Gasteiger partial charge in [0.25, 0.3) is 0 Å². The molecule has 5 nitrogen and oxygen atoms in total. The van der Waals surface area contributed by atoms with Crippen LogP contribution in [0.4, 0.5) is 4.39 Å². The predicted octanol–water partition coefficient (Wildman–Crippen LogP) is 3.66. The zero-order valence-electron chi connectivity index (χ0n) is 17.7. The van der Waals surface area contributed by atoms with Crippen molar-refractivity contribution in [2.45, 2.75) is 62.7 Å². The molecule has 0 aromatic heterocycles. The van der Waals surface area contributed by atoms with Gasteiger partial charge in [-0.3, -0.25) is 9.59 Å². The molecule has 7 heteroatoms. The number of rotatable bonds is 8. The molecule has 5 aliphatic rings. The molecule has 0 heterocycles. The molecule has 5 saturated carbocycles. The molecule has 5 aliphatic carbocycles. The lowest BCUT2D eigenvalue weighted by Gasteiger charge is -2.59. The van der Waals surface area contributed by atoms with Crippen LogP contribution in [0.25, 0.3) is 0 Å². The average molecular weight is 448 g/mol. The standard InChI is InChI=1S/C24H30FNO4S/c25-19-3-1-2-4-20(19)31(29,30)8-7-23(5-6-23)21(27)11-18-16-9-15-10-17(18)14-24(12-15,13-16)22(26)28/h1-4,15-18H,5-14H2,(H2,26,28). The van der Waals surface area contributed by atoms with E-state index in [1.807, 2.05) is 0 Å². The van der Waals surface area contributed by atoms with E-state index in [-0.39, 0.29) is 40.1 Å². The fourth-order valence-corrected chi connectivity index (χ4v) is 8.68. The van der Waals surface area contributed by atoms with Crippen LogP contribution in [-0.2, 0) is 19.4 Å². The third-order valence-corrected chi connectivity index (χ3v) is 10.6. The van der Waals surface area contributed by atoms with Gasteiger partial charge in [0, 0.05) is 17.3 Å². The first-order chi connectivity index (χ1) is 14.6. The van der Waals surface area contributed by atoms with Crippen molar-refractivity contribution in [3.8, 4) is 0 Å². The highest BCUT2D eigenvalue weighted by molar-refractivity contribution is 7.91. The fraction of sp³-hybridized carbons (Fsp3) is 0.667. The van der Waals surface area contributed by atoms with Crippen LogP contribution in [0.1, 0.15) is 57.8 Å². The predicted molar refractivity (Wildman–Crippen MR) is 113 cm³/mol. The quantitative estimate of drug-likeness (QED) is 0.658. The Bertz CT molecular complexity index is 1020. The van der Waals surface area contributed by atoms with Crippen LogP contribution in [0.3, 0.4) is 0 Å². The minimum absolute atomic E-state index is 0.168. The van der Waals surface area contributed by atoms with Crippen molar-refractivity contribution in [3.05, 3.63) is 30.1 Å². The summed E-state index contributed by atoms with van der Waals surface area (Å²) < 4.78 is 39.3. The van der Waals surface area contributed by atoms with E-state index in [1.165, 1.54) is 18.2 Å². The van der Waals surface area contributed by atoms with Crippen molar-refractivity contribution in [2.75, 3.05) is 5.75 Å². The van der Waals surface area contributed by atoms with Crippen LogP contribution in [0.2, 0.25) is 0 Å². The molecule has 0 aliphatic heterocycles. The summed E-state index contributed by atoms with van der Waals surface area (Å²) in [7, 11) is -3.76. The Hall–Kier alpha value is -1.76. The van der Waals surface area contributed by atoms with Gasteiger partial charge in [-0.25, -0.2) is 12.8 Å². The zero-order chi connectivity index (χ0) is 22.0. The second-order valence-electron chi connectivity index (χ2n) is 10.7. The molecule has 2 N–H and O–H groups in total. The Kier molecular flexibility index (Phi) is 4.85. The average Bonchev–Trinajstić information content (AvgIpc) is 3.50. The highest BCUT2D eigenvalue weighted by Gasteiger charge is 2.59. The summed E-state index contributed by atoms with van der Waals surface area (Å²) in [6.45, 7) is 0. The van der Waals surface area contributed by atoms with Crippen LogP contribution in [-0.4, -0.2) is 25.9 Å². The Morgan fingerprint density at radius 1 is 1.06 bits per heavy atom. The Labute approximate surface area is 182 Å². The van der Waals surface area contributed by atoms with Gasteiger partial charge in [0.1, 0.15) is 16.5 Å². The third-order valence-electron chi connectivity index (χ3n) is 8.88. The molecule has 0 radical (unpaired) electrons. The van der Waals surface area contributed by atoms with Gasteiger partial charge in [-0.05, 0) is 87.2 Å². The summed E-state index contributed by atoms with van der Waals surface area (Å²) in [6, 6.07) is 5.41. The minimum atomic E-state index is -3.76. The number of carbonyl (C=O) groups excluding carboxylic acids is 2. The van der Waals surface area contributed by atoms with Gasteiger partial charge in [0.15, 0.2) is 9.84 Å². The number of benzene rings is 1. The number of amides is 1. The second kappa shape index (κ2) is 7.12. The lowest BCUT2D eigenvalue weighted by Crippen LogP contribution is -2.56. The highest BCUT2D eigenvalue weighted by atomic mass is 32.2. The third kappa shape index (κ3) is 3.53. The second-order valence-corrected chi connectivity index (χ2v) is 12.8. The van der Waals surface area contributed by atoms with Crippen molar-refractivity contribution in [1.29, 1.82) is 0 Å². The van der Waals surface area contributed by atoms with E-state index in [9.17, 15) is 22.4 Å². The van der Waals surface area contributed by atoms with Gasteiger partial charge >= 0.3 is 0 Å². The summed E-state index contributed by atoms with van der Waals surface area (Å²) in [5.74, 6) is 0.645. The Morgan fingerprint density at radius 2 is 1.71 bits per heavy atom. The van der Waals surface area contributed by atoms with E-state index in [2.05, 4.69) is 0 Å². The monoisotopic (exact) mass is 447 g/mol. The zero-order valence-corrected chi connectivity index (χ0v) is 18.5. The number of nitrogens with two attached hydrogens (primary N) is 1. The molecular weight excluding hydrogens is 417 g/mol. The van der Waals surface area contributed by atoms with Crippen LogP contribution in [0, 0.1) is 40.3 Å². The summed E-state index contributed by atoms with van der Waals surface area (Å²) in [4.78, 5) is 25.2. The maximum absolute atomic E-state index is 14.0. The van der Waals surface area contributed by atoms with E-state index >= 15 is 0 Å². The van der Waals surface area contributed by atoms with Crippen LogP contribution in [0.5, 0.6) is 0 Å². The molecule has 0 saturated heterocycles. The number of sulfone groups is 1. The molecule has 5 fully saturated rings. The van der Waals surface area contributed by atoms with Gasteiger partial charge in [0.2, 0.25) is 5.91 Å². The van der Waals surface area contributed by atoms with E-state index in [0.29, 0.717) is 37.0 Å². The molecule has 31 heavy (non-hydrogen) atoms. The van der Waals surface area contributed by atoms with Crippen LogP contribution >= 0.6 is 0 Å². The minimum Gasteiger partial charge on any atom is -0.369 e. The molecule has 2 unspecified atom stereocenters. The number of Topliss-reactive ketones (excluding diaryl/α,β-unsaturated/α-hetero) is 1. The molecule has 1 aromatic rings. The number of ketones is 1. The van der Waals surface area contributed by atoms with Crippen molar-refractivity contribution < 1.29 is 22.4 Å². The number of halogens is 1. The molecule has 6 rings (SSSR count). The normalized spacial score (nSPS) is 35.1. The molecule has 0 spiro atoms. The Morgan fingerprint density at radius 3 is 2.29 bits per heavy atom. The maximum Gasteiger partial charge on any atom is 0.223 e. The van der Waals surface area contributed by atoms with Crippen molar-refractivity contribution in [3.63, 3.8) is 0 Å². The fourth-order valence-electron chi connectivity index (χ4n) is 7.15. The number of carbonyl (C=O) groups is 2. The highest BCUT2D eigenvalue weighted by Crippen LogP contribution is 2.63. The van der Waals surface area contributed by atoms with E-state index in [4.69, 9.17) is 5.73 Å². The molecular formula is C24H30FNO4S. The van der Waals surface area contributed by atoms with Gasteiger partial charge in [-0.2, -0.15) is 0 Å². The topological polar surface area (TPSA) is 94.3 Å². The van der Waals surface area contributed by atoms with Crippen molar-refractivity contribution >= 4 is 21.5 Å². The van der Waals surface area contributed by atoms with Crippen molar-refractivity contribution in [2.24, 2.45) is 40.2 Å². The van der Waals surface area contributed by atoms with E-state index < -0.39 is 21.1 Å². The molecule has 1 aromatic carbocycles. The Balaban J connectivity index is 1.25. The van der Waals surface area contributed by atoms with Crippen LogP contribution < -0.4 is 5.73 Å². The number of hydrogen-bond donors (Lipinski definition) is 1. The molecule has 168 valence electrons. The summed E-state index contributed by atoms with van der Waals surface area (Å²) in [5, 5.41) is 0. The summed E-state index contributed by atoms with van der Waals surface area (Å²) in [6.07, 6.45) is 6.87. The van der Waals surface area contributed by atoms with Crippen molar-refractivity contribution in [1.82, 2.24) is 0 Å². The maximum atomic E-state index is 14.0. The smallest absolute Gasteiger partial charge is 0.223 e. The van der Waals surface area contributed by atoms with E-state index in [0.717, 1.165) is 38.2 Å². The van der Waals surface area contributed by atoms with Gasteiger partial charge < -0.3 is 5.73 Å². The molecule has 1 amide bonds. The first-order valence-corrected chi connectivity index (χ1v) is 13.1. The first-order valence-electron chi connectivity index (χ1n) is 11.4. The lowest BCUT2D eigenvalue weighted by molar-refractivity contribution is -0.152. The number of hydrogen-bond acceptors (Lipinski definition) is 4. The largest absolute Gasteiger partial charge is 0.369 e. The van der Waals surface area contributed by atoms with E-state index in [1.54, 1.807) is 0 Å².